The van der Waals surface area contributed by atoms with Crippen LogP contribution in [-0.4, -0.2) is 68.7 Å². The summed E-state index contributed by atoms with van der Waals surface area (Å²) in [5.41, 5.74) is 3.84. The summed E-state index contributed by atoms with van der Waals surface area (Å²) in [6.45, 7) is 5.07. The third-order valence-electron chi connectivity index (χ3n) is 5.76. The standard InChI is InChI=1S/C28H27FN6O6S/c1-14-5-18(25-21(6-14)34-24(38-4)11-30-25)26-35-20-7-19(29)22(8-23(20)42-26)41-16(3)13-40-28(37)33-17-9-31-27(32-10-17)39-12-15(2)36/h5-11,15-16,36H,12-13H2,1-4H3,(H,33,37)/t15-,16-/m0/s1. The van der Waals surface area contributed by atoms with Crippen molar-refractivity contribution in [1.82, 2.24) is 24.9 Å². The fourth-order valence-electron chi connectivity index (χ4n) is 3.89. The van der Waals surface area contributed by atoms with E-state index >= 15 is 0 Å². The van der Waals surface area contributed by atoms with Gasteiger partial charge >= 0.3 is 12.1 Å². The first-order valence-corrected chi connectivity index (χ1v) is 13.7. The van der Waals surface area contributed by atoms with E-state index in [1.807, 2.05) is 19.1 Å². The number of hydrogen-bond donors (Lipinski definition) is 2. The number of thiazole rings is 1. The van der Waals surface area contributed by atoms with Crippen molar-refractivity contribution >= 4 is 44.4 Å². The minimum Gasteiger partial charge on any atom is -0.484 e. The Morgan fingerprint density at radius 2 is 1.83 bits per heavy atom. The minimum atomic E-state index is -0.763. The number of nitrogens with one attached hydrogen (secondary N) is 1. The number of hydrogen-bond acceptors (Lipinski definition) is 12. The number of carbonyl (C=O) groups excluding carboxylic acids is 1. The Morgan fingerprint density at radius 3 is 2.57 bits per heavy atom. The zero-order valence-electron chi connectivity index (χ0n) is 23.1. The van der Waals surface area contributed by atoms with E-state index in [9.17, 15) is 14.3 Å². The van der Waals surface area contributed by atoms with Crippen LogP contribution in [0.4, 0.5) is 14.9 Å². The quantitative estimate of drug-likeness (QED) is 0.227. The molecule has 218 valence electrons. The summed E-state index contributed by atoms with van der Waals surface area (Å²) in [5, 5.41) is 12.4. The molecule has 2 atom stereocenters. The highest BCUT2D eigenvalue weighted by Crippen LogP contribution is 2.37. The number of amides is 1. The molecule has 0 radical (unpaired) electrons. The molecule has 0 fully saturated rings. The van der Waals surface area contributed by atoms with E-state index in [0.717, 1.165) is 11.1 Å². The fourth-order valence-corrected chi connectivity index (χ4v) is 4.89. The van der Waals surface area contributed by atoms with Gasteiger partial charge in [0.1, 0.15) is 24.3 Å². The number of halogens is 1. The van der Waals surface area contributed by atoms with Gasteiger partial charge in [0.25, 0.3) is 0 Å². The van der Waals surface area contributed by atoms with Crippen molar-refractivity contribution in [3.05, 3.63) is 54.2 Å². The number of carbonyl (C=O) groups is 1. The zero-order valence-corrected chi connectivity index (χ0v) is 23.9. The Bertz CT molecular complexity index is 1730. The van der Waals surface area contributed by atoms with E-state index in [1.165, 1.54) is 36.9 Å². The average molecular weight is 595 g/mol. The van der Waals surface area contributed by atoms with Crippen LogP contribution in [0.2, 0.25) is 0 Å². The third-order valence-corrected chi connectivity index (χ3v) is 6.81. The Morgan fingerprint density at radius 1 is 1.05 bits per heavy atom. The number of nitrogens with zero attached hydrogens (tertiary/aromatic N) is 5. The van der Waals surface area contributed by atoms with Gasteiger partial charge < -0.3 is 24.1 Å². The summed E-state index contributed by atoms with van der Waals surface area (Å²) >= 11 is 1.37. The normalized spacial score (nSPS) is 12.6. The van der Waals surface area contributed by atoms with Crippen molar-refractivity contribution in [1.29, 1.82) is 0 Å². The first-order valence-electron chi connectivity index (χ1n) is 12.8. The van der Waals surface area contributed by atoms with Gasteiger partial charge in [0, 0.05) is 17.7 Å². The first kappa shape index (κ1) is 28.8. The van der Waals surface area contributed by atoms with Gasteiger partial charge in [-0.05, 0) is 38.5 Å². The maximum absolute atomic E-state index is 15.0. The number of methoxy groups -OCH3 is 1. The Kier molecular flexibility index (Phi) is 8.54. The molecule has 0 saturated heterocycles. The van der Waals surface area contributed by atoms with Gasteiger partial charge in [-0.2, -0.15) is 0 Å². The molecule has 5 aromatic rings. The molecule has 14 heteroatoms. The number of aryl methyl sites for hydroxylation is 1. The summed E-state index contributed by atoms with van der Waals surface area (Å²) < 4.78 is 37.0. The molecular formula is C28H27FN6O6S. The SMILES string of the molecule is COc1cnc2c(-c3nc4cc(F)c(O[C@@H](C)COC(=O)Nc5cnc(OC[C@H](C)O)nc5)cc4s3)cc(C)cc2n1. The zero-order chi connectivity index (χ0) is 29.8. The summed E-state index contributed by atoms with van der Waals surface area (Å²) in [5.74, 6) is -0.177. The van der Waals surface area contributed by atoms with Gasteiger partial charge in [0.15, 0.2) is 11.6 Å². The van der Waals surface area contributed by atoms with Gasteiger partial charge in [-0.25, -0.2) is 34.1 Å². The molecule has 3 aromatic heterocycles. The molecule has 1 amide bonds. The molecule has 0 aliphatic rings. The van der Waals surface area contributed by atoms with Crippen LogP contribution in [0.15, 0.2) is 42.9 Å². The van der Waals surface area contributed by atoms with Crippen LogP contribution in [0.5, 0.6) is 17.6 Å². The van der Waals surface area contributed by atoms with Crippen LogP contribution in [0.1, 0.15) is 19.4 Å². The number of ether oxygens (including phenoxy) is 4. The summed E-state index contributed by atoms with van der Waals surface area (Å²) in [4.78, 5) is 33.7. The summed E-state index contributed by atoms with van der Waals surface area (Å²) in [7, 11) is 1.53. The predicted molar refractivity (Wildman–Crippen MR) is 154 cm³/mol. The van der Waals surface area contributed by atoms with E-state index in [-0.39, 0.29) is 30.7 Å². The number of fused-ring (bicyclic) bond motifs is 2. The fraction of sp³-hybridized carbons (Fsp3) is 0.286. The minimum absolute atomic E-state index is 0.00835. The second kappa shape index (κ2) is 12.4. The van der Waals surface area contributed by atoms with E-state index in [2.05, 4.69) is 30.2 Å². The van der Waals surface area contributed by atoms with Crippen LogP contribution in [0, 0.1) is 12.7 Å². The second-order valence-corrected chi connectivity index (χ2v) is 10.5. The van der Waals surface area contributed by atoms with Gasteiger partial charge in [-0.3, -0.25) is 5.32 Å². The Labute approximate surface area is 243 Å². The number of anilines is 1. The molecule has 42 heavy (non-hydrogen) atoms. The van der Waals surface area contributed by atoms with Crippen molar-refractivity contribution in [2.45, 2.75) is 33.0 Å². The average Bonchev–Trinajstić information content (AvgIpc) is 3.37. The molecule has 0 aliphatic carbocycles. The Balaban J connectivity index is 1.23. The van der Waals surface area contributed by atoms with E-state index < -0.39 is 24.1 Å². The van der Waals surface area contributed by atoms with Crippen LogP contribution in [0.3, 0.4) is 0 Å². The number of benzene rings is 2. The monoisotopic (exact) mass is 594 g/mol. The highest BCUT2D eigenvalue weighted by Gasteiger charge is 2.18. The van der Waals surface area contributed by atoms with Crippen molar-refractivity contribution in [3.63, 3.8) is 0 Å². The van der Waals surface area contributed by atoms with Gasteiger partial charge in [0.2, 0.25) is 5.88 Å². The van der Waals surface area contributed by atoms with Crippen molar-refractivity contribution in [3.8, 4) is 28.2 Å². The molecule has 0 saturated carbocycles. The van der Waals surface area contributed by atoms with Crippen molar-refractivity contribution < 1.29 is 33.2 Å². The third kappa shape index (κ3) is 6.78. The highest BCUT2D eigenvalue weighted by molar-refractivity contribution is 7.21. The predicted octanol–water partition coefficient (Wildman–Crippen LogP) is 4.93. The molecular weight excluding hydrogens is 567 g/mol. The maximum Gasteiger partial charge on any atom is 0.411 e. The highest BCUT2D eigenvalue weighted by atomic mass is 32.1. The summed E-state index contributed by atoms with van der Waals surface area (Å²) in [6.07, 6.45) is 2.13. The van der Waals surface area contributed by atoms with Crippen LogP contribution < -0.4 is 19.5 Å². The lowest BCUT2D eigenvalue weighted by molar-refractivity contribution is 0.0969. The molecule has 12 nitrogen and oxygen atoms in total. The smallest absolute Gasteiger partial charge is 0.411 e. The largest absolute Gasteiger partial charge is 0.484 e. The van der Waals surface area contributed by atoms with Crippen molar-refractivity contribution in [2.24, 2.45) is 0 Å². The van der Waals surface area contributed by atoms with Crippen LogP contribution in [-0.2, 0) is 4.74 Å². The van der Waals surface area contributed by atoms with Gasteiger partial charge in [0.05, 0.1) is 58.7 Å². The van der Waals surface area contributed by atoms with E-state index in [4.69, 9.17) is 18.9 Å². The lowest BCUT2D eigenvalue weighted by Crippen LogP contribution is -2.24. The summed E-state index contributed by atoms with van der Waals surface area (Å²) in [6, 6.07) is 6.83. The lowest BCUT2D eigenvalue weighted by atomic mass is 10.1. The molecule has 0 unspecified atom stereocenters. The topological polar surface area (TPSA) is 151 Å². The molecule has 0 aliphatic heterocycles. The number of rotatable bonds is 10. The van der Waals surface area contributed by atoms with Gasteiger partial charge in [-0.1, -0.05) is 0 Å². The second-order valence-electron chi connectivity index (χ2n) is 9.43. The number of aliphatic hydroxyl groups excluding tert-OH is 1. The van der Waals surface area contributed by atoms with Crippen molar-refractivity contribution in [2.75, 3.05) is 25.6 Å². The van der Waals surface area contributed by atoms with Crippen LogP contribution in [0.25, 0.3) is 31.8 Å². The molecule has 3 heterocycles. The van der Waals surface area contributed by atoms with E-state index in [1.54, 1.807) is 26.1 Å². The van der Waals surface area contributed by atoms with Crippen LogP contribution >= 0.6 is 11.3 Å². The van der Waals surface area contributed by atoms with Gasteiger partial charge in [-0.15, -0.1) is 11.3 Å². The maximum atomic E-state index is 15.0. The molecule has 0 spiro atoms. The lowest BCUT2D eigenvalue weighted by Gasteiger charge is -2.15. The molecule has 2 aromatic carbocycles. The number of aliphatic hydroxyl groups is 1. The number of aromatic nitrogens is 5. The molecule has 0 bridgehead atoms. The molecule has 2 N–H and O–H groups in total. The first-order chi connectivity index (χ1) is 20.2. The molecule has 5 rings (SSSR count). The Hall–Kier alpha value is -4.69. The van der Waals surface area contributed by atoms with E-state index in [0.29, 0.717) is 32.1 Å².